The van der Waals surface area contributed by atoms with E-state index in [0.29, 0.717) is 4.68 Å². The molecule has 2 unspecified atom stereocenters. The molecular formula is C19H21F3N11O9P2S2+. The first-order chi connectivity index (χ1) is 21.7. The van der Waals surface area contributed by atoms with Crippen molar-refractivity contribution in [2.45, 2.75) is 49.0 Å². The second-order valence-electron chi connectivity index (χ2n) is 9.73. The summed E-state index contributed by atoms with van der Waals surface area (Å²) in [5.74, 6) is -4.44. The molecule has 4 aromatic rings. The molecule has 6 heterocycles. The van der Waals surface area contributed by atoms with E-state index in [9.17, 15) is 19.4 Å². The van der Waals surface area contributed by atoms with Crippen LogP contribution in [0.5, 0.6) is 0 Å². The van der Waals surface area contributed by atoms with Crippen LogP contribution in [0, 0.1) is 0 Å². The highest BCUT2D eigenvalue weighted by Crippen LogP contribution is 2.53. The number of hydrogen-bond donors (Lipinski definition) is 6. The summed E-state index contributed by atoms with van der Waals surface area (Å²) in [6.45, 7) is -6.38. The van der Waals surface area contributed by atoms with Crippen molar-refractivity contribution in [2.24, 2.45) is 0 Å². The molecule has 2 aliphatic heterocycles. The molecule has 0 amide bonds. The van der Waals surface area contributed by atoms with Gasteiger partial charge in [-0.1, -0.05) is 5.21 Å². The van der Waals surface area contributed by atoms with Gasteiger partial charge in [0, 0.05) is 0 Å². The van der Waals surface area contributed by atoms with Gasteiger partial charge in [0.05, 0.1) is 19.5 Å². The van der Waals surface area contributed by atoms with Gasteiger partial charge in [-0.15, -0.1) is 9.62 Å². The molecular weight excluding hydrogens is 709 g/mol. The van der Waals surface area contributed by atoms with Crippen molar-refractivity contribution in [1.29, 1.82) is 0 Å². The first-order valence-electron chi connectivity index (χ1n) is 12.7. The summed E-state index contributed by atoms with van der Waals surface area (Å²) in [5.41, 5.74) is 9.92. The van der Waals surface area contributed by atoms with Gasteiger partial charge in [-0.2, -0.15) is 18.4 Å². The fraction of sp³-hybridized carbons (Fsp3) is 0.526. The van der Waals surface area contributed by atoms with Crippen molar-refractivity contribution < 1.29 is 50.8 Å². The number of nitrogens with zero attached hydrogens (tertiary/aromatic N) is 8. The van der Waals surface area contributed by atoms with Crippen LogP contribution in [0.3, 0.4) is 0 Å². The molecule has 0 saturated carbocycles. The molecule has 0 bridgehead atoms. The number of thiol groups is 1. The molecule has 2 fully saturated rings. The number of H-pyrrole nitrogens is 1. The number of nitrogens with two attached hydrogens (primary N) is 2. The summed E-state index contributed by atoms with van der Waals surface area (Å²) >= 11 is 8.60. The zero-order chi connectivity index (χ0) is 33.1. The lowest BCUT2D eigenvalue weighted by Crippen LogP contribution is -2.40. The van der Waals surface area contributed by atoms with E-state index in [2.05, 4.69) is 47.5 Å². The number of aromatic amines is 1. The molecule has 0 spiro atoms. The number of aliphatic hydroxyl groups is 1. The van der Waals surface area contributed by atoms with Gasteiger partial charge in [-0.25, -0.2) is 19.3 Å². The number of imidazole rings is 1. The van der Waals surface area contributed by atoms with Crippen molar-refractivity contribution in [2.75, 3.05) is 24.7 Å². The third kappa shape index (κ3) is 5.85. The Hall–Kier alpha value is -2.96. The number of alkyl halides is 3. The maximum absolute atomic E-state index is 15.7. The van der Waals surface area contributed by atoms with E-state index in [1.807, 2.05) is 0 Å². The third-order valence-electron chi connectivity index (χ3n) is 6.89. The summed E-state index contributed by atoms with van der Waals surface area (Å²) in [6.07, 6.45) is -11.3. The Morgan fingerprint density at radius 3 is 2.70 bits per heavy atom. The Balaban J connectivity index is 1.24. The molecule has 27 heteroatoms. The summed E-state index contributed by atoms with van der Waals surface area (Å²) in [6, 6.07) is 0. The molecule has 9 atom stereocenters. The molecule has 6 rings (SSSR count). The minimum atomic E-state index is -4.57. The maximum atomic E-state index is 15.7. The van der Waals surface area contributed by atoms with Gasteiger partial charge in [0.1, 0.15) is 36.9 Å². The summed E-state index contributed by atoms with van der Waals surface area (Å²) < 4.78 is 86.8. The molecule has 248 valence electrons. The molecule has 7 N–H and O–H groups in total. The summed E-state index contributed by atoms with van der Waals surface area (Å²) in [4.78, 5) is 40.8. The van der Waals surface area contributed by atoms with Crippen LogP contribution < -0.4 is 17.0 Å². The van der Waals surface area contributed by atoms with Gasteiger partial charge in [-0.3, -0.25) is 18.9 Å². The lowest BCUT2D eigenvalue weighted by molar-refractivity contribution is -0.137. The Kier molecular flexibility index (Phi) is 8.77. The number of anilines is 2. The van der Waals surface area contributed by atoms with Crippen LogP contribution in [0.15, 0.2) is 17.4 Å². The number of fused-ring (bicyclic) bond motifs is 2. The van der Waals surface area contributed by atoms with Crippen molar-refractivity contribution in [3.8, 4) is 0 Å². The van der Waals surface area contributed by atoms with Crippen LogP contribution >= 0.6 is 26.2 Å². The largest absolute Gasteiger partial charge is 0.582 e. The molecule has 46 heavy (non-hydrogen) atoms. The average Bonchev–Trinajstić information content (AvgIpc) is 3.72. The van der Waals surface area contributed by atoms with Gasteiger partial charge in [0.15, 0.2) is 40.5 Å². The molecule has 4 aromatic heterocycles. The zero-order valence-corrected chi connectivity index (χ0v) is 26.0. The number of nitrogens with one attached hydrogen (secondary N) is 1. The molecule has 20 nitrogen and oxygen atoms in total. The van der Waals surface area contributed by atoms with E-state index >= 15 is 13.2 Å². The molecule has 2 saturated heterocycles. The highest BCUT2D eigenvalue weighted by molar-refractivity contribution is 8.39. The van der Waals surface area contributed by atoms with Gasteiger partial charge in [0.25, 0.3) is 5.56 Å². The molecule has 2 aliphatic rings. The maximum Gasteiger partial charge on any atom is 0.582 e. The minimum Gasteiger partial charge on any atom is -0.394 e. The number of rotatable bonds is 10. The second-order valence-corrected chi connectivity index (χ2v) is 14.2. The third-order valence-corrected chi connectivity index (χ3v) is 9.14. The fourth-order valence-corrected chi connectivity index (χ4v) is 7.08. The van der Waals surface area contributed by atoms with E-state index in [1.54, 1.807) is 0 Å². The van der Waals surface area contributed by atoms with E-state index < -0.39 is 81.7 Å². The van der Waals surface area contributed by atoms with Crippen LogP contribution in [-0.2, 0) is 39.4 Å². The monoisotopic (exact) mass is 730 g/mol. The van der Waals surface area contributed by atoms with Crippen LogP contribution in [0.25, 0.3) is 22.3 Å². The standard InChI is InChI=1S/C19H20F3N11O9P2S2/c20-7-5(1-34)39-16(32-4-27-9-14(32)28-18(24)29-15(9)35)10(7)42-44(37,46)38-2-6-11(41-43(36)45)19(21,22)17(40-6)33-13-8(30-31-33)12(23)25-3-26-13/h3-7,10-11,16-17,34H,1-2H2,(H6-,23,24,25,26,28,29,31,35,36,37,45,46)/p+1/t5-,6-,7-,10-,11-,16-,17-,44?/m1/s1. The normalized spacial score (nSPS) is 29.4. The van der Waals surface area contributed by atoms with Gasteiger partial charge in [-0.05, 0) is 16.4 Å². The zero-order valence-electron chi connectivity index (χ0n) is 22.5. The number of nitrogen functional groups attached to an aromatic ring is 2. The van der Waals surface area contributed by atoms with Crippen molar-refractivity contribution in [3.05, 3.63) is 23.0 Å². The SMILES string of the molecule is Nc1nc2c(ncn2[C@@H]2O[C@H](CO)[C@@H](F)[C@H]2OP(O)(=S)OC[C@H]2O[C@@H](n3nnc4c(N)ncnc43)C(F)(F)[C@@H]2O[P+](=O)S)c(=O)[nH]1. The van der Waals surface area contributed by atoms with Crippen molar-refractivity contribution >= 4 is 72.1 Å². The van der Waals surface area contributed by atoms with Crippen LogP contribution in [0.1, 0.15) is 12.5 Å². The first-order valence-corrected chi connectivity index (χ1v) is 17.6. The van der Waals surface area contributed by atoms with Gasteiger partial charge >= 0.3 is 19.9 Å². The number of aromatic nitrogens is 9. The molecule has 0 aliphatic carbocycles. The quantitative estimate of drug-likeness (QED) is 0.0916. The van der Waals surface area contributed by atoms with E-state index in [0.717, 1.165) is 17.2 Å². The molecule has 0 radical (unpaired) electrons. The van der Waals surface area contributed by atoms with E-state index in [4.69, 9.17) is 46.3 Å². The lowest BCUT2D eigenvalue weighted by Gasteiger charge is -2.26. The van der Waals surface area contributed by atoms with Crippen LogP contribution in [-0.4, -0.2) is 104 Å². The average molecular weight is 731 g/mol. The lowest BCUT2D eigenvalue weighted by atomic mass is 10.1. The Bertz CT molecular complexity index is 1920. The minimum absolute atomic E-state index is 0.109. The Morgan fingerprint density at radius 1 is 1.22 bits per heavy atom. The highest BCUT2D eigenvalue weighted by atomic mass is 32.7. The number of aliphatic hydroxyl groups excluding tert-OH is 1. The van der Waals surface area contributed by atoms with Crippen molar-refractivity contribution in [3.63, 3.8) is 0 Å². The van der Waals surface area contributed by atoms with Crippen LogP contribution in [0.4, 0.5) is 24.9 Å². The topological polar surface area (TPSA) is 276 Å². The number of halogens is 3. The number of ether oxygens (including phenoxy) is 2. The Labute approximate surface area is 263 Å². The van der Waals surface area contributed by atoms with Gasteiger partial charge < -0.3 is 35.5 Å². The fourth-order valence-electron chi connectivity index (χ4n) is 4.90. The second kappa shape index (κ2) is 12.2. The predicted octanol–water partition coefficient (Wildman–Crippen LogP) is -0.130. The van der Waals surface area contributed by atoms with Crippen LogP contribution in [0.2, 0.25) is 0 Å². The van der Waals surface area contributed by atoms with E-state index in [1.165, 1.54) is 0 Å². The van der Waals surface area contributed by atoms with E-state index in [-0.39, 0.29) is 34.1 Å². The first kappa shape index (κ1) is 33.0. The highest BCUT2D eigenvalue weighted by Gasteiger charge is 2.65. The molecule has 0 aromatic carbocycles. The Morgan fingerprint density at radius 2 is 1.98 bits per heavy atom. The summed E-state index contributed by atoms with van der Waals surface area (Å²) in [7, 11) is -2.93. The predicted molar refractivity (Wildman–Crippen MR) is 154 cm³/mol. The summed E-state index contributed by atoms with van der Waals surface area (Å²) in [5, 5.41) is 17.0. The smallest absolute Gasteiger partial charge is 0.394 e. The van der Waals surface area contributed by atoms with Crippen molar-refractivity contribution in [1.82, 2.24) is 44.5 Å². The van der Waals surface area contributed by atoms with Gasteiger partial charge in [0.2, 0.25) is 18.3 Å². The number of hydrogen-bond acceptors (Lipinski definition) is 17.